The Morgan fingerprint density at radius 2 is 1.74 bits per heavy atom. The van der Waals surface area contributed by atoms with E-state index in [4.69, 9.17) is 14.2 Å². The first-order valence-electron chi connectivity index (χ1n) is 11.9. The number of sulfonamides is 1. The predicted octanol–water partition coefficient (Wildman–Crippen LogP) is 3.51. The van der Waals surface area contributed by atoms with E-state index >= 15 is 0 Å². The van der Waals surface area contributed by atoms with E-state index in [1.54, 1.807) is 36.4 Å². The number of fused-ring (bicyclic) bond motifs is 1. The van der Waals surface area contributed by atoms with Crippen molar-refractivity contribution in [2.75, 3.05) is 37.2 Å². The van der Waals surface area contributed by atoms with Crippen LogP contribution in [0.5, 0.6) is 11.5 Å². The normalized spacial score (nSPS) is 16.1. The summed E-state index contributed by atoms with van der Waals surface area (Å²) in [4.78, 5) is 12.9. The standard InChI is InChI=1S/C25H32N2O6S/c28-25(26-14-7-15-31-21-8-3-1-4-9-21)19-27(34(29,30)22-10-5-2-6-11-22)20-12-13-23-24(18-20)33-17-16-32-23/h2,5-6,10-13,18,21H,1,3-4,7-9,14-17,19H2,(H,26,28). The van der Waals surface area contributed by atoms with Crippen molar-refractivity contribution in [2.45, 2.75) is 49.5 Å². The van der Waals surface area contributed by atoms with Crippen LogP contribution in [-0.2, 0) is 19.6 Å². The summed E-state index contributed by atoms with van der Waals surface area (Å²) in [6.07, 6.45) is 6.92. The Bertz CT molecular complexity index is 1050. The molecule has 1 aliphatic heterocycles. The molecule has 1 saturated carbocycles. The van der Waals surface area contributed by atoms with Gasteiger partial charge in [0.2, 0.25) is 5.91 Å². The number of nitrogens with zero attached hydrogens (tertiary/aromatic N) is 1. The highest BCUT2D eigenvalue weighted by Gasteiger charge is 2.28. The van der Waals surface area contributed by atoms with E-state index in [0.717, 1.165) is 17.1 Å². The maximum Gasteiger partial charge on any atom is 0.264 e. The molecule has 8 nitrogen and oxygen atoms in total. The number of nitrogens with one attached hydrogen (secondary N) is 1. The Balaban J connectivity index is 1.41. The average Bonchev–Trinajstić information content (AvgIpc) is 2.88. The van der Waals surface area contributed by atoms with Crippen LogP contribution in [-0.4, -0.2) is 53.3 Å². The highest BCUT2D eigenvalue weighted by Crippen LogP contribution is 2.35. The Labute approximate surface area is 201 Å². The molecule has 2 aromatic rings. The smallest absolute Gasteiger partial charge is 0.264 e. The summed E-state index contributed by atoms with van der Waals surface area (Å²) in [5.74, 6) is 0.624. The van der Waals surface area contributed by atoms with Gasteiger partial charge in [-0.1, -0.05) is 37.5 Å². The van der Waals surface area contributed by atoms with Crippen LogP contribution in [0.2, 0.25) is 0 Å². The lowest BCUT2D eigenvalue weighted by Crippen LogP contribution is -2.41. The van der Waals surface area contributed by atoms with Gasteiger partial charge in [-0.05, 0) is 43.5 Å². The van der Waals surface area contributed by atoms with Crippen molar-refractivity contribution in [3.05, 3.63) is 48.5 Å². The Morgan fingerprint density at radius 3 is 2.50 bits per heavy atom. The zero-order valence-electron chi connectivity index (χ0n) is 19.3. The second-order valence-electron chi connectivity index (χ2n) is 8.49. The highest BCUT2D eigenvalue weighted by molar-refractivity contribution is 7.92. The van der Waals surface area contributed by atoms with E-state index in [1.807, 2.05) is 0 Å². The van der Waals surface area contributed by atoms with Gasteiger partial charge in [-0.2, -0.15) is 0 Å². The number of hydrogen-bond donors (Lipinski definition) is 1. The number of rotatable bonds is 10. The molecule has 1 amide bonds. The zero-order chi connectivity index (χ0) is 23.8. The molecule has 4 rings (SSSR count). The van der Waals surface area contributed by atoms with Crippen molar-refractivity contribution < 1.29 is 27.4 Å². The first-order valence-corrected chi connectivity index (χ1v) is 13.3. The molecule has 1 fully saturated rings. The van der Waals surface area contributed by atoms with E-state index in [2.05, 4.69) is 5.32 Å². The maximum atomic E-state index is 13.4. The molecule has 2 aliphatic rings. The number of amides is 1. The summed E-state index contributed by atoms with van der Waals surface area (Å²) in [5.41, 5.74) is 0.337. The van der Waals surface area contributed by atoms with Crippen molar-refractivity contribution in [1.29, 1.82) is 0 Å². The van der Waals surface area contributed by atoms with Crippen molar-refractivity contribution in [2.24, 2.45) is 0 Å². The molecule has 1 heterocycles. The molecular formula is C25H32N2O6S. The minimum absolute atomic E-state index is 0.110. The molecular weight excluding hydrogens is 456 g/mol. The minimum atomic E-state index is -3.97. The van der Waals surface area contributed by atoms with Crippen molar-refractivity contribution in [3.8, 4) is 11.5 Å². The van der Waals surface area contributed by atoms with Crippen LogP contribution < -0.4 is 19.1 Å². The van der Waals surface area contributed by atoms with Crippen molar-refractivity contribution >= 4 is 21.6 Å². The van der Waals surface area contributed by atoms with Gasteiger partial charge in [-0.25, -0.2) is 8.42 Å². The van der Waals surface area contributed by atoms with Gasteiger partial charge in [0, 0.05) is 19.2 Å². The lowest BCUT2D eigenvalue weighted by Gasteiger charge is -2.26. The number of hydrogen-bond acceptors (Lipinski definition) is 6. The third kappa shape index (κ3) is 6.21. The molecule has 0 aromatic heterocycles. The van der Waals surface area contributed by atoms with Crippen LogP contribution >= 0.6 is 0 Å². The Kier molecular flexibility index (Phi) is 8.29. The third-order valence-corrected chi connectivity index (χ3v) is 7.77. The van der Waals surface area contributed by atoms with Gasteiger partial charge in [-0.3, -0.25) is 9.10 Å². The summed E-state index contributed by atoms with van der Waals surface area (Å²) in [6.45, 7) is 1.47. The predicted molar refractivity (Wildman–Crippen MR) is 129 cm³/mol. The number of anilines is 1. The lowest BCUT2D eigenvalue weighted by atomic mass is 9.98. The van der Waals surface area contributed by atoms with E-state index in [1.165, 1.54) is 31.4 Å². The number of ether oxygens (including phenoxy) is 3. The molecule has 1 aliphatic carbocycles. The summed E-state index contributed by atoms with van der Waals surface area (Å²) in [5, 5.41) is 2.83. The van der Waals surface area contributed by atoms with Crippen LogP contribution in [0, 0.1) is 0 Å². The van der Waals surface area contributed by atoms with Gasteiger partial charge in [0.1, 0.15) is 19.8 Å². The minimum Gasteiger partial charge on any atom is -0.486 e. The van der Waals surface area contributed by atoms with Crippen LogP contribution in [0.3, 0.4) is 0 Å². The average molecular weight is 489 g/mol. The Morgan fingerprint density at radius 1 is 1.00 bits per heavy atom. The van der Waals surface area contributed by atoms with Gasteiger partial charge in [0.05, 0.1) is 16.7 Å². The maximum absolute atomic E-state index is 13.4. The van der Waals surface area contributed by atoms with E-state index in [9.17, 15) is 13.2 Å². The summed E-state index contributed by atoms with van der Waals surface area (Å²) < 4.78 is 45.0. The monoisotopic (exact) mass is 488 g/mol. The Hall–Kier alpha value is -2.78. The van der Waals surface area contributed by atoms with Crippen LogP contribution in [0.15, 0.2) is 53.4 Å². The van der Waals surface area contributed by atoms with E-state index < -0.39 is 10.0 Å². The summed E-state index contributed by atoms with van der Waals surface area (Å²) >= 11 is 0. The molecule has 0 saturated heterocycles. The number of carbonyl (C=O) groups excluding carboxylic acids is 1. The highest BCUT2D eigenvalue weighted by atomic mass is 32.2. The topological polar surface area (TPSA) is 94.2 Å². The second kappa shape index (κ2) is 11.6. The van der Waals surface area contributed by atoms with Crippen molar-refractivity contribution in [3.63, 3.8) is 0 Å². The molecule has 2 aromatic carbocycles. The fraction of sp³-hybridized carbons (Fsp3) is 0.480. The quantitative estimate of drug-likeness (QED) is 0.515. The third-order valence-electron chi connectivity index (χ3n) is 5.98. The van der Waals surface area contributed by atoms with Gasteiger partial charge in [-0.15, -0.1) is 0 Å². The lowest BCUT2D eigenvalue weighted by molar-refractivity contribution is -0.119. The first kappa shape index (κ1) is 24.3. The van der Waals surface area contributed by atoms with Gasteiger partial charge in [0.15, 0.2) is 11.5 Å². The molecule has 0 radical (unpaired) electrons. The summed E-state index contributed by atoms with van der Waals surface area (Å²) in [6, 6.07) is 13.0. The van der Waals surface area contributed by atoms with E-state index in [0.29, 0.717) is 56.1 Å². The van der Waals surface area contributed by atoms with E-state index in [-0.39, 0.29) is 17.3 Å². The summed E-state index contributed by atoms with van der Waals surface area (Å²) in [7, 11) is -3.97. The molecule has 0 spiro atoms. The fourth-order valence-corrected chi connectivity index (χ4v) is 5.62. The van der Waals surface area contributed by atoms with Crippen LogP contribution in [0.4, 0.5) is 5.69 Å². The van der Waals surface area contributed by atoms with Crippen molar-refractivity contribution in [1.82, 2.24) is 5.32 Å². The van der Waals surface area contributed by atoms with Gasteiger partial charge in [0.25, 0.3) is 10.0 Å². The molecule has 0 atom stereocenters. The largest absolute Gasteiger partial charge is 0.486 e. The fourth-order valence-electron chi connectivity index (χ4n) is 4.19. The van der Waals surface area contributed by atoms with Gasteiger partial charge < -0.3 is 19.5 Å². The molecule has 34 heavy (non-hydrogen) atoms. The van der Waals surface area contributed by atoms with Gasteiger partial charge >= 0.3 is 0 Å². The molecule has 1 N–H and O–H groups in total. The number of carbonyl (C=O) groups is 1. The molecule has 0 bridgehead atoms. The van der Waals surface area contributed by atoms with Crippen LogP contribution in [0.25, 0.3) is 0 Å². The molecule has 9 heteroatoms. The zero-order valence-corrected chi connectivity index (χ0v) is 20.1. The second-order valence-corrected chi connectivity index (χ2v) is 10.3. The SMILES string of the molecule is O=C(CN(c1ccc2c(c1)OCCO2)S(=O)(=O)c1ccccc1)NCCCOC1CCCCC1. The number of benzene rings is 2. The first-order chi connectivity index (χ1) is 16.5. The van der Waals surface area contributed by atoms with Crippen LogP contribution in [0.1, 0.15) is 38.5 Å². The molecule has 184 valence electrons. The molecule has 0 unspecified atom stereocenters.